The summed E-state index contributed by atoms with van der Waals surface area (Å²) in [5, 5.41) is 3.40. The minimum atomic E-state index is -0.0533. The third kappa shape index (κ3) is 4.61. The van der Waals surface area contributed by atoms with Gasteiger partial charge in [0.05, 0.1) is 10.7 Å². The van der Waals surface area contributed by atoms with Crippen LogP contribution in [0.25, 0.3) is 0 Å². The van der Waals surface area contributed by atoms with Crippen LogP contribution in [0.2, 0.25) is 5.02 Å². The number of amides is 1. The van der Waals surface area contributed by atoms with E-state index in [1.807, 2.05) is 49.4 Å². The summed E-state index contributed by atoms with van der Waals surface area (Å²) in [5.74, 6) is 0.0654. The lowest BCUT2D eigenvalue weighted by atomic mass is 9.97. The Labute approximate surface area is 143 Å². The number of nitrogens with two attached hydrogens (primary N) is 1. The van der Waals surface area contributed by atoms with Gasteiger partial charge in [0.1, 0.15) is 0 Å². The van der Waals surface area contributed by atoms with Crippen LogP contribution in [0.3, 0.4) is 0 Å². The summed E-state index contributed by atoms with van der Waals surface area (Å²) < 4.78 is 1.03. The van der Waals surface area contributed by atoms with E-state index < -0.39 is 0 Å². The fourth-order valence-electron chi connectivity index (χ4n) is 2.01. The lowest BCUT2D eigenvalue weighted by Crippen LogP contribution is -2.14. The van der Waals surface area contributed by atoms with Crippen molar-refractivity contribution in [3.05, 3.63) is 56.6 Å². The number of hydrogen-bond acceptors (Lipinski definition) is 2. The Morgan fingerprint density at radius 3 is 2.57 bits per heavy atom. The van der Waals surface area contributed by atoms with Crippen molar-refractivity contribution in [1.29, 1.82) is 0 Å². The monoisotopic (exact) mass is 414 g/mol. The predicted octanol–water partition coefficient (Wildman–Crippen LogP) is 4.66. The zero-order valence-electron chi connectivity index (χ0n) is 11.6. The lowest BCUT2D eigenvalue weighted by molar-refractivity contribution is -0.116. The van der Waals surface area contributed by atoms with E-state index in [1.165, 1.54) is 0 Å². The normalized spacial score (nSPS) is 12.0. The van der Waals surface area contributed by atoms with Gasteiger partial charge in [-0.25, -0.2) is 0 Å². The molecular formula is C16H16ClIN2O. The summed E-state index contributed by atoms with van der Waals surface area (Å²) in [6.45, 7) is 2.01. The van der Waals surface area contributed by atoms with E-state index in [0.717, 1.165) is 14.8 Å². The molecule has 0 heterocycles. The number of halogens is 2. The Bertz CT molecular complexity index is 643. The molecular weight excluding hydrogens is 399 g/mol. The van der Waals surface area contributed by atoms with Crippen molar-refractivity contribution in [3.8, 4) is 0 Å². The first-order valence-electron chi connectivity index (χ1n) is 6.56. The second kappa shape index (κ2) is 7.13. The van der Waals surface area contributed by atoms with Crippen molar-refractivity contribution in [2.45, 2.75) is 19.3 Å². The van der Waals surface area contributed by atoms with Gasteiger partial charge in [-0.3, -0.25) is 4.79 Å². The second-order valence-corrected chi connectivity index (χ2v) is 6.60. The molecule has 2 aromatic carbocycles. The van der Waals surface area contributed by atoms with Crippen LogP contribution in [0.4, 0.5) is 11.4 Å². The standard InChI is InChI=1S/C16H16ClIN2O/c1-10(11-2-5-13(19)6-3-11)8-16(21)20-15-7-4-12(18)9-14(15)17/h2-7,9-10H,8,19H2,1H3,(H,20,21). The molecule has 0 aliphatic heterocycles. The van der Waals surface area contributed by atoms with Gasteiger partial charge in [-0.2, -0.15) is 0 Å². The van der Waals surface area contributed by atoms with Crippen LogP contribution in [0.5, 0.6) is 0 Å². The molecule has 0 bridgehead atoms. The fraction of sp³-hybridized carbons (Fsp3) is 0.188. The highest BCUT2D eigenvalue weighted by atomic mass is 127. The van der Waals surface area contributed by atoms with Crippen molar-refractivity contribution in [3.63, 3.8) is 0 Å². The van der Waals surface area contributed by atoms with Gasteiger partial charge < -0.3 is 11.1 Å². The van der Waals surface area contributed by atoms with Gasteiger partial charge in [-0.1, -0.05) is 30.7 Å². The molecule has 1 amide bonds. The summed E-state index contributed by atoms with van der Waals surface area (Å²) in [4.78, 5) is 12.1. The number of nitrogens with one attached hydrogen (secondary N) is 1. The molecule has 0 fully saturated rings. The molecule has 0 saturated heterocycles. The zero-order valence-corrected chi connectivity index (χ0v) is 14.5. The van der Waals surface area contributed by atoms with Gasteiger partial charge in [0.15, 0.2) is 0 Å². The number of carbonyl (C=O) groups is 1. The third-order valence-corrected chi connectivity index (χ3v) is 4.19. The van der Waals surface area contributed by atoms with Crippen LogP contribution in [0.15, 0.2) is 42.5 Å². The number of nitrogen functional groups attached to an aromatic ring is 1. The fourth-order valence-corrected chi connectivity index (χ4v) is 2.92. The lowest BCUT2D eigenvalue weighted by Gasteiger charge is -2.13. The van der Waals surface area contributed by atoms with Gasteiger partial charge in [0.2, 0.25) is 5.91 Å². The zero-order chi connectivity index (χ0) is 15.4. The van der Waals surface area contributed by atoms with E-state index in [9.17, 15) is 4.79 Å². The topological polar surface area (TPSA) is 55.1 Å². The van der Waals surface area contributed by atoms with Crippen LogP contribution in [0.1, 0.15) is 24.8 Å². The number of anilines is 2. The summed E-state index contributed by atoms with van der Waals surface area (Å²) in [6.07, 6.45) is 0.395. The molecule has 2 aromatic rings. The Morgan fingerprint density at radius 1 is 1.29 bits per heavy atom. The van der Waals surface area contributed by atoms with Gasteiger partial charge >= 0.3 is 0 Å². The largest absolute Gasteiger partial charge is 0.399 e. The maximum atomic E-state index is 12.1. The molecule has 2 rings (SSSR count). The number of carbonyl (C=O) groups excluding carboxylic acids is 1. The highest BCUT2D eigenvalue weighted by Crippen LogP contribution is 2.25. The van der Waals surface area contributed by atoms with Gasteiger partial charge in [-0.05, 0) is 64.4 Å². The molecule has 0 aliphatic carbocycles. The van der Waals surface area contributed by atoms with E-state index >= 15 is 0 Å². The minimum Gasteiger partial charge on any atom is -0.399 e. The van der Waals surface area contributed by atoms with Crippen LogP contribution in [-0.2, 0) is 4.79 Å². The van der Waals surface area contributed by atoms with E-state index in [0.29, 0.717) is 17.1 Å². The smallest absolute Gasteiger partial charge is 0.225 e. The molecule has 3 N–H and O–H groups in total. The first kappa shape index (κ1) is 16.1. The van der Waals surface area contributed by atoms with Gasteiger partial charge in [-0.15, -0.1) is 0 Å². The molecule has 110 valence electrons. The van der Waals surface area contributed by atoms with Gasteiger partial charge in [0.25, 0.3) is 0 Å². The third-order valence-electron chi connectivity index (χ3n) is 3.20. The van der Waals surface area contributed by atoms with Crippen LogP contribution < -0.4 is 11.1 Å². The molecule has 1 atom stereocenters. The Balaban J connectivity index is 1.99. The highest BCUT2D eigenvalue weighted by Gasteiger charge is 2.12. The molecule has 0 radical (unpaired) electrons. The molecule has 3 nitrogen and oxygen atoms in total. The van der Waals surface area contributed by atoms with Crippen molar-refractivity contribution in [2.75, 3.05) is 11.1 Å². The average Bonchev–Trinajstić information content (AvgIpc) is 2.42. The highest BCUT2D eigenvalue weighted by molar-refractivity contribution is 14.1. The maximum absolute atomic E-state index is 12.1. The molecule has 0 spiro atoms. The molecule has 0 saturated carbocycles. The van der Waals surface area contributed by atoms with E-state index in [1.54, 1.807) is 0 Å². The molecule has 5 heteroatoms. The van der Waals surface area contributed by atoms with E-state index in [4.69, 9.17) is 17.3 Å². The molecule has 1 unspecified atom stereocenters. The summed E-state index contributed by atoms with van der Waals surface area (Å²) >= 11 is 8.29. The van der Waals surface area contributed by atoms with Crippen LogP contribution in [-0.4, -0.2) is 5.91 Å². The quantitative estimate of drug-likeness (QED) is 0.565. The Kier molecular flexibility index (Phi) is 5.47. The Hall–Kier alpha value is -1.27. The van der Waals surface area contributed by atoms with Crippen molar-refractivity contribution < 1.29 is 4.79 Å². The first-order valence-corrected chi connectivity index (χ1v) is 8.01. The van der Waals surface area contributed by atoms with Crippen molar-refractivity contribution >= 4 is 51.5 Å². The maximum Gasteiger partial charge on any atom is 0.225 e. The van der Waals surface area contributed by atoms with Crippen LogP contribution >= 0.6 is 34.2 Å². The van der Waals surface area contributed by atoms with Crippen molar-refractivity contribution in [2.24, 2.45) is 0 Å². The van der Waals surface area contributed by atoms with Crippen molar-refractivity contribution in [1.82, 2.24) is 0 Å². The first-order chi connectivity index (χ1) is 9.95. The molecule has 21 heavy (non-hydrogen) atoms. The summed E-state index contributed by atoms with van der Waals surface area (Å²) in [5.41, 5.74) is 8.12. The average molecular weight is 415 g/mol. The minimum absolute atomic E-state index is 0.0533. The predicted molar refractivity (Wildman–Crippen MR) is 96.7 cm³/mol. The number of benzene rings is 2. The molecule has 0 aromatic heterocycles. The van der Waals surface area contributed by atoms with Crippen LogP contribution in [0, 0.1) is 3.57 Å². The SMILES string of the molecule is CC(CC(=O)Nc1ccc(I)cc1Cl)c1ccc(N)cc1. The summed E-state index contributed by atoms with van der Waals surface area (Å²) in [6, 6.07) is 13.1. The van der Waals surface area contributed by atoms with E-state index in [2.05, 4.69) is 27.9 Å². The number of rotatable bonds is 4. The number of hydrogen-bond donors (Lipinski definition) is 2. The van der Waals surface area contributed by atoms with E-state index in [-0.39, 0.29) is 11.8 Å². The Morgan fingerprint density at radius 2 is 1.95 bits per heavy atom. The van der Waals surface area contributed by atoms with Gasteiger partial charge in [0, 0.05) is 15.7 Å². The summed E-state index contributed by atoms with van der Waals surface area (Å²) in [7, 11) is 0. The molecule has 0 aliphatic rings. The second-order valence-electron chi connectivity index (χ2n) is 4.94.